The van der Waals surface area contributed by atoms with Crippen molar-refractivity contribution in [3.63, 3.8) is 0 Å². The molecule has 118 valence electrons. The van der Waals surface area contributed by atoms with Gasteiger partial charge in [0.25, 0.3) is 0 Å². The molecule has 1 atom stereocenters. The summed E-state index contributed by atoms with van der Waals surface area (Å²) in [6.07, 6.45) is 4.94. The molecular weight excluding hydrogens is 303 g/mol. The number of benzene rings is 1. The molecule has 0 bridgehead atoms. The molecule has 0 amide bonds. The van der Waals surface area contributed by atoms with Crippen LogP contribution in [-0.4, -0.2) is 11.2 Å². The summed E-state index contributed by atoms with van der Waals surface area (Å²) in [4.78, 5) is 0. The van der Waals surface area contributed by atoms with E-state index in [1.54, 1.807) is 6.07 Å². The first-order chi connectivity index (χ1) is 9.77. The quantitative estimate of drug-likeness (QED) is 0.748. The fraction of sp³-hybridized carbons (Fsp3) is 0.667. The van der Waals surface area contributed by atoms with Gasteiger partial charge in [-0.15, -0.1) is 0 Å². The zero-order valence-corrected chi connectivity index (χ0v) is 14.7. The molecule has 0 radical (unpaired) electrons. The van der Waals surface area contributed by atoms with E-state index in [9.17, 15) is 5.11 Å². The normalized spacial score (nSPS) is 24.9. The van der Waals surface area contributed by atoms with Crippen LogP contribution in [0.5, 0.6) is 0 Å². The SMILES string of the molecule is CC(C)(C)C1CCC(C(O)Cc2cc(Cl)ccc2Cl)CC1. The first-order valence-corrected chi connectivity index (χ1v) is 8.65. The molecule has 1 unspecified atom stereocenters. The molecule has 21 heavy (non-hydrogen) atoms. The van der Waals surface area contributed by atoms with Gasteiger partial charge in [0.05, 0.1) is 6.10 Å². The van der Waals surface area contributed by atoms with E-state index < -0.39 is 0 Å². The highest BCUT2D eigenvalue weighted by atomic mass is 35.5. The Kier molecular flexibility index (Phi) is 5.62. The molecule has 1 nitrogen and oxygen atoms in total. The summed E-state index contributed by atoms with van der Waals surface area (Å²) in [6.45, 7) is 6.96. The molecule has 1 aliphatic carbocycles. The van der Waals surface area contributed by atoms with E-state index in [2.05, 4.69) is 20.8 Å². The van der Waals surface area contributed by atoms with Gasteiger partial charge < -0.3 is 5.11 Å². The highest BCUT2D eigenvalue weighted by Crippen LogP contribution is 2.41. The summed E-state index contributed by atoms with van der Waals surface area (Å²) in [5, 5.41) is 11.9. The molecule has 1 fully saturated rings. The Balaban J connectivity index is 1.93. The molecule has 0 aliphatic heterocycles. The maximum atomic E-state index is 10.5. The zero-order valence-electron chi connectivity index (χ0n) is 13.2. The second kappa shape index (κ2) is 6.89. The lowest BCUT2D eigenvalue weighted by Crippen LogP contribution is -2.31. The number of aliphatic hydroxyl groups excluding tert-OH is 1. The van der Waals surface area contributed by atoms with Gasteiger partial charge >= 0.3 is 0 Å². The molecule has 0 spiro atoms. The summed E-state index contributed by atoms with van der Waals surface area (Å²) in [5.74, 6) is 1.16. The number of hydrogen-bond donors (Lipinski definition) is 1. The summed E-state index contributed by atoms with van der Waals surface area (Å²) < 4.78 is 0. The van der Waals surface area contributed by atoms with Gasteiger partial charge in [-0.05, 0) is 66.7 Å². The van der Waals surface area contributed by atoms with Crippen molar-refractivity contribution < 1.29 is 5.11 Å². The summed E-state index contributed by atoms with van der Waals surface area (Å²) in [7, 11) is 0. The van der Waals surface area contributed by atoms with Crippen LogP contribution in [0.1, 0.15) is 52.0 Å². The van der Waals surface area contributed by atoms with Crippen LogP contribution in [0.3, 0.4) is 0 Å². The van der Waals surface area contributed by atoms with Crippen LogP contribution in [0, 0.1) is 17.3 Å². The summed E-state index contributed by atoms with van der Waals surface area (Å²) in [5.41, 5.74) is 1.33. The van der Waals surface area contributed by atoms with Crippen molar-refractivity contribution in [2.24, 2.45) is 17.3 Å². The van der Waals surface area contributed by atoms with Gasteiger partial charge in [0, 0.05) is 16.5 Å². The largest absolute Gasteiger partial charge is 0.392 e. The minimum Gasteiger partial charge on any atom is -0.392 e. The maximum Gasteiger partial charge on any atom is 0.0609 e. The summed E-state index contributed by atoms with van der Waals surface area (Å²) >= 11 is 12.2. The second-order valence-corrected chi connectivity index (χ2v) is 8.33. The average Bonchev–Trinajstić information content (AvgIpc) is 2.42. The Hall–Kier alpha value is -0.240. The predicted molar refractivity (Wildman–Crippen MR) is 91.1 cm³/mol. The van der Waals surface area contributed by atoms with Crippen molar-refractivity contribution in [3.05, 3.63) is 33.8 Å². The number of hydrogen-bond acceptors (Lipinski definition) is 1. The van der Waals surface area contributed by atoms with Gasteiger partial charge in [-0.2, -0.15) is 0 Å². The fourth-order valence-corrected chi connectivity index (χ4v) is 3.85. The van der Waals surface area contributed by atoms with Crippen LogP contribution in [-0.2, 0) is 6.42 Å². The molecule has 0 aromatic heterocycles. The van der Waals surface area contributed by atoms with Gasteiger partial charge in [-0.1, -0.05) is 44.0 Å². The van der Waals surface area contributed by atoms with Gasteiger partial charge in [-0.3, -0.25) is 0 Å². The van der Waals surface area contributed by atoms with Crippen molar-refractivity contribution in [2.45, 2.75) is 59.0 Å². The fourth-order valence-electron chi connectivity index (χ4n) is 3.46. The van der Waals surface area contributed by atoms with E-state index in [1.807, 2.05) is 12.1 Å². The van der Waals surface area contributed by atoms with Crippen molar-refractivity contribution in [2.75, 3.05) is 0 Å². The summed E-state index contributed by atoms with van der Waals surface area (Å²) in [6, 6.07) is 5.46. The number of halogens is 2. The van der Waals surface area contributed by atoms with E-state index in [0.717, 1.165) is 24.3 Å². The van der Waals surface area contributed by atoms with Crippen molar-refractivity contribution in [3.8, 4) is 0 Å². The van der Waals surface area contributed by atoms with Gasteiger partial charge in [0.15, 0.2) is 0 Å². The molecule has 1 aromatic carbocycles. The van der Waals surface area contributed by atoms with E-state index in [4.69, 9.17) is 23.2 Å². The lowest BCUT2D eigenvalue weighted by atomic mass is 9.68. The molecule has 0 heterocycles. The van der Waals surface area contributed by atoms with Crippen LogP contribution in [0.4, 0.5) is 0 Å². The van der Waals surface area contributed by atoms with E-state index >= 15 is 0 Å². The Bertz CT molecular complexity index is 471. The third-order valence-corrected chi connectivity index (χ3v) is 5.58. The highest BCUT2D eigenvalue weighted by Gasteiger charge is 2.32. The first kappa shape index (κ1) is 17.1. The smallest absolute Gasteiger partial charge is 0.0609 e. The monoisotopic (exact) mass is 328 g/mol. The molecule has 0 saturated heterocycles. The van der Waals surface area contributed by atoms with Crippen LogP contribution in [0.25, 0.3) is 0 Å². The van der Waals surface area contributed by atoms with Gasteiger partial charge in [0.2, 0.25) is 0 Å². The predicted octanol–water partition coefficient (Wildman–Crippen LogP) is 5.75. The van der Waals surface area contributed by atoms with Crippen molar-refractivity contribution >= 4 is 23.2 Å². The average molecular weight is 329 g/mol. The molecular formula is C18H26Cl2O. The molecule has 1 saturated carbocycles. The van der Waals surface area contributed by atoms with E-state index in [-0.39, 0.29) is 6.10 Å². The minimum atomic E-state index is -0.318. The highest BCUT2D eigenvalue weighted by molar-refractivity contribution is 6.33. The van der Waals surface area contributed by atoms with Crippen LogP contribution >= 0.6 is 23.2 Å². The Morgan fingerprint density at radius 2 is 1.76 bits per heavy atom. The first-order valence-electron chi connectivity index (χ1n) is 7.89. The topological polar surface area (TPSA) is 20.2 Å². The lowest BCUT2D eigenvalue weighted by molar-refractivity contribution is 0.0537. The van der Waals surface area contributed by atoms with E-state index in [1.165, 1.54) is 12.8 Å². The molecule has 1 N–H and O–H groups in total. The standard InChI is InChI=1S/C18H26Cl2O/c1-18(2,3)14-6-4-12(5-7-14)17(21)11-13-10-15(19)8-9-16(13)20/h8-10,12,14,17,21H,4-7,11H2,1-3H3. The van der Waals surface area contributed by atoms with Gasteiger partial charge in [-0.25, -0.2) is 0 Å². The molecule has 1 aromatic rings. The molecule has 2 rings (SSSR count). The molecule has 3 heteroatoms. The third kappa shape index (κ3) is 4.61. The van der Waals surface area contributed by atoms with Crippen LogP contribution in [0.15, 0.2) is 18.2 Å². The lowest BCUT2D eigenvalue weighted by Gasteiger charge is -2.38. The van der Waals surface area contributed by atoms with Crippen molar-refractivity contribution in [1.29, 1.82) is 0 Å². The molecule has 1 aliphatic rings. The maximum absolute atomic E-state index is 10.5. The number of aliphatic hydroxyl groups is 1. The van der Waals surface area contributed by atoms with Crippen molar-refractivity contribution in [1.82, 2.24) is 0 Å². The minimum absolute atomic E-state index is 0.318. The van der Waals surface area contributed by atoms with Crippen LogP contribution in [0.2, 0.25) is 10.0 Å². The Morgan fingerprint density at radius 3 is 2.33 bits per heavy atom. The van der Waals surface area contributed by atoms with Crippen LogP contribution < -0.4 is 0 Å². The zero-order chi connectivity index (χ0) is 15.6. The second-order valence-electron chi connectivity index (χ2n) is 7.48. The van der Waals surface area contributed by atoms with Gasteiger partial charge in [0.1, 0.15) is 0 Å². The Morgan fingerprint density at radius 1 is 1.14 bits per heavy atom. The third-order valence-electron chi connectivity index (χ3n) is 4.98. The van der Waals surface area contributed by atoms with E-state index in [0.29, 0.717) is 27.8 Å². The number of rotatable bonds is 3. The Labute approximate surface area is 138 Å².